The van der Waals surface area contributed by atoms with E-state index in [0.29, 0.717) is 12.5 Å². The molecule has 1 fully saturated rings. The van der Waals surface area contributed by atoms with E-state index in [1.54, 1.807) is 6.20 Å². The van der Waals surface area contributed by atoms with Crippen molar-refractivity contribution in [2.75, 3.05) is 6.61 Å². The standard InChI is InChI=1S/C14H21BBrNO3/c1-6-7-18-12-11(16)8-10(9-17-12)15-19-13(2,3)14(4,5)20-15/h8-9H,6-7H2,1-5H3. The van der Waals surface area contributed by atoms with Crippen molar-refractivity contribution in [3.63, 3.8) is 0 Å². The van der Waals surface area contributed by atoms with Crippen molar-refractivity contribution in [3.05, 3.63) is 16.7 Å². The molecule has 0 spiro atoms. The second-order valence-corrected chi connectivity index (χ2v) is 6.85. The van der Waals surface area contributed by atoms with Gasteiger partial charge in [0, 0.05) is 11.7 Å². The molecule has 0 N–H and O–H groups in total. The highest BCUT2D eigenvalue weighted by Gasteiger charge is 2.51. The molecule has 4 nitrogen and oxygen atoms in total. The van der Waals surface area contributed by atoms with Crippen molar-refractivity contribution in [2.45, 2.75) is 52.2 Å². The van der Waals surface area contributed by atoms with Crippen molar-refractivity contribution in [3.8, 4) is 5.88 Å². The number of ether oxygens (including phenoxy) is 1. The lowest BCUT2D eigenvalue weighted by molar-refractivity contribution is 0.00578. The summed E-state index contributed by atoms with van der Waals surface area (Å²) >= 11 is 3.48. The summed E-state index contributed by atoms with van der Waals surface area (Å²) in [5.41, 5.74) is 0.197. The second kappa shape index (κ2) is 5.66. The van der Waals surface area contributed by atoms with Gasteiger partial charge in [-0.2, -0.15) is 0 Å². The minimum atomic E-state index is -0.399. The summed E-state index contributed by atoms with van der Waals surface area (Å²) in [6, 6.07) is 1.94. The van der Waals surface area contributed by atoms with E-state index in [-0.39, 0.29) is 11.2 Å². The Hall–Kier alpha value is -0.585. The van der Waals surface area contributed by atoms with Gasteiger partial charge >= 0.3 is 7.12 Å². The zero-order chi connectivity index (χ0) is 15.0. The highest BCUT2D eigenvalue weighted by atomic mass is 79.9. The summed E-state index contributed by atoms with van der Waals surface area (Å²) in [4.78, 5) is 4.33. The fraction of sp³-hybridized carbons (Fsp3) is 0.643. The molecule has 2 rings (SSSR count). The van der Waals surface area contributed by atoms with E-state index in [9.17, 15) is 0 Å². The zero-order valence-corrected chi connectivity index (χ0v) is 14.3. The highest BCUT2D eigenvalue weighted by molar-refractivity contribution is 9.10. The molecule has 1 aliphatic heterocycles. The van der Waals surface area contributed by atoms with Crippen molar-refractivity contribution in [1.29, 1.82) is 0 Å². The van der Waals surface area contributed by atoms with Gasteiger partial charge in [-0.1, -0.05) is 6.92 Å². The quantitative estimate of drug-likeness (QED) is 0.789. The third-order valence-electron chi connectivity index (χ3n) is 3.80. The molecule has 0 aliphatic carbocycles. The van der Waals surface area contributed by atoms with Gasteiger partial charge in [-0.15, -0.1) is 0 Å². The van der Waals surface area contributed by atoms with Crippen LogP contribution in [-0.4, -0.2) is 29.9 Å². The van der Waals surface area contributed by atoms with Crippen molar-refractivity contribution in [2.24, 2.45) is 0 Å². The fourth-order valence-electron chi connectivity index (χ4n) is 1.85. The molecule has 1 aliphatic rings. The molecule has 6 heteroatoms. The Morgan fingerprint density at radius 1 is 1.25 bits per heavy atom. The van der Waals surface area contributed by atoms with Crippen LogP contribution in [0.4, 0.5) is 0 Å². The summed E-state index contributed by atoms with van der Waals surface area (Å²) in [5, 5.41) is 0. The van der Waals surface area contributed by atoms with E-state index < -0.39 is 7.12 Å². The molecule has 0 unspecified atom stereocenters. The number of halogens is 1. The third kappa shape index (κ3) is 3.02. The van der Waals surface area contributed by atoms with Crippen LogP contribution >= 0.6 is 15.9 Å². The van der Waals surface area contributed by atoms with Crippen molar-refractivity contribution in [1.82, 2.24) is 4.98 Å². The largest absolute Gasteiger partial charge is 0.496 e. The monoisotopic (exact) mass is 341 g/mol. The summed E-state index contributed by atoms with van der Waals surface area (Å²) < 4.78 is 18.4. The Morgan fingerprint density at radius 2 is 1.85 bits per heavy atom. The highest BCUT2D eigenvalue weighted by Crippen LogP contribution is 2.36. The van der Waals surface area contributed by atoms with Gasteiger partial charge in [-0.05, 0) is 56.1 Å². The first-order valence-electron chi connectivity index (χ1n) is 6.91. The van der Waals surface area contributed by atoms with Crippen LogP contribution in [0.15, 0.2) is 16.7 Å². The number of pyridine rings is 1. The molecule has 0 bridgehead atoms. The van der Waals surface area contributed by atoms with Crippen LogP contribution in [0.3, 0.4) is 0 Å². The molecular formula is C14H21BBrNO3. The van der Waals surface area contributed by atoms with E-state index in [0.717, 1.165) is 16.4 Å². The van der Waals surface area contributed by atoms with Gasteiger partial charge in [0.25, 0.3) is 0 Å². The number of hydrogen-bond acceptors (Lipinski definition) is 4. The predicted molar refractivity (Wildman–Crippen MR) is 83.4 cm³/mol. The van der Waals surface area contributed by atoms with Crippen LogP contribution in [0.5, 0.6) is 5.88 Å². The van der Waals surface area contributed by atoms with E-state index in [1.165, 1.54) is 0 Å². The van der Waals surface area contributed by atoms with Gasteiger partial charge in [-0.3, -0.25) is 0 Å². The normalized spacial score (nSPS) is 20.2. The van der Waals surface area contributed by atoms with Crippen molar-refractivity contribution >= 4 is 28.5 Å². The number of rotatable bonds is 4. The summed E-state index contributed by atoms with van der Waals surface area (Å²) in [5.74, 6) is 0.604. The van der Waals surface area contributed by atoms with E-state index in [4.69, 9.17) is 14.0 Å². The van der Waals surface area contributed by atoms with Crippen LogP contribution < -0.4 is 10.2 Å². The SMILES string of the molecule is CCCOc1ncc(B2OC(C)(C)C(C)(C)O2)cc1Br. The Balaban J connectivity index is 2.17. The molecule has 1 aromatic heterocycles. The first-order chi connectivity index (χ1) is 9.27. The first kappa shape index (κ1) is 15.8. The molecule has 1 aromatic rings. The fourth-order valence-corrected chi connectivity index (χ4v) is 2.33. The van der Waals surface area contributed by atoms with E-state index >= 15 is 0 Å². The van der Waals surface area contributed by atoms with Crippen LogP contribution in [0, 0.1) is 0 Å². The summed E-state index contributed by atoms with van der Waals surface area (Å²) in [6.07, 6.45) is 2.70. The van der Waals surface area contributed by atoms with Gasteiger partial charge in [0.05, 0.1) is 22.3 Å². The third-order valence-corrected chi connectivity index (χ3v) is 4.36. The average molecular weight is 342 g/mol. The van der Waals surface area contributed by atoms with Gasteiger partial charge in [0.2, 0.25) is 5.88 Å². The van der Waals surface area contributed by atoms with Crippen LogP contribution in [0.2, 0.25) is 0 Å². The molecule has 0 atom stereocenters. The maximum atomic E-state index is 6.00. The topological polar surface area (TPSA) is 40.6 Å². The number of aromatic nitrogens is 1. The molecular weight excluding hydrogens is 321 g/mol. The summed E-state index contributed by atoms with van der Waals surface area (Å²) in [6.45, 7) is 10.9. The average Bonchev–Trinajstić information content (AvgIpc) is 2.57. The van der Waals surface area contributed by atoms with Gasteiger partial charge in [0.1, 0.15) is 0 Å². The lowest BCUT2D eigenvalue weighted by Crippen LogP contribution is -2.41. The molecule has 0 saturated carbocycles. The molecule has 2 heterocycles. The molecule has 0 amide bonds. The molecule has 20 heavy (non-hydrogen) atoms. The smallest absolute Gasteiger partial charge is 0.477 e. The maximum Gasteiger partial charge on any atom is 0.496 e. The van der Waals surface area contributed by atoms with Crippen LogP contribution in [-0.2, 0) is 9.31 Å². The Labute approximate surface area is 129 Å². The number of nitrogens with zero attached hydrogens (tertiary/aromatic N) is 1. The Bertz CT molecular complexity index is 477. The van der Waals surface area contributed by atoms with Crippen LogP contribution in [0.1, 0.15) is 41.0 Å². The lowest BCUT2D eigenvalue weighted by atomic mass is 9.80. The van der Waals surface area contributed by atoms with Crippen LogP contribution in [0.25, 0.3) is 0 Å². The van der Waals surface area contributed by atoms with E-state index in [1.807, 2.05) is 33.8 Å². The molecule has 1 saturated heterocycles. The van der Waals surface area contributed by atoms with E-state index in [2.05, 4.69) is 27.8 Å². The molecule has 110 valence electrons. The first-order valence-corrected chi connectivity index (χ1v) is 7.70. The minimum Gasteiger partial charge on any atom is -0.477 e. The van der Waals surface area contributed by atoms with Gasteiger partial charge in [0.15, 0.2) is 0 Å². The Kier molecular flexibility index (Phi) is 4.47. The predicted octanol–water partition coefficient (Wildman–Crippen LogP) is 2.93. The maximum absolute atomic E-state index is 6.00. The lowest BCUT2D eigenvalue weighted by Gasteiger charge is -2.32. The summed E-state index contributed by atoms with van der Waals surface area (Å²) in [7, 11) is -0.399. The van der Waals surface area contributed by atoms with Gasteiger partial charge in [-0.25, -0.2) is 4.98 Å². The number of hydrogen-bond donors (Lipinski definition) is 0. The Morgan fingerprint density at radius 3 is 2.35 bits per heavy atom. The molecule has 0 radical (unpaired) electrons. The molecule has 0 aromatic carbocycles. The minimum absolute atomic E-state index is 0.346. The second-order valence-electron chi connectivity index (χ2n) is 5.99. The van der Waals surface area contributed by atoms with Gasteiger partial charge < -0.3 is 14.0 Å². The van der Waals surface area contributed by atoms with Crippen molar-refractivity contribution < 1.29 is 14.0 Å². The zero-order valence-electron chi connectivity index (χ0n) is 12.7.